The summed E-state index contributed by atoms with van der Waals surface area (Å²) in [4.78, 5) is 14.5. The second kappa shape index (κ2) is 14.4. The van der Waals surface area contributed by atoms with Crippen molar-refractivity contribution >= 4 is 16.1 Å². The first-order valence-electron chi connectivity index (χ1n) is 15.4. The molecule has 1 unspecified atom stereocenters. The molecule has 9 nitrogen and oxygen atoms in total. The lowest BCUT2D eigenvalue weighted by atomic mass is 10.0. The van der Waals surface area contributed by atoms with Crippen molar-refractivity contribution in [3.8, 4) is 5.75 Å². The van der Waals surface area contributed by atoms with Crippen LogP contribution in [0.2, 0.25) is 0 Å². The Morgan fingerprint density at radius 3 is 2.51 bits per heavy atom. The van der Waals surface area contributed by atoms with Gasteiger partial charge in [0.25, 0.3) is 0 Å². The van der Waals surface area contributed by atoms with Crippen LogP contribution >= 0.6 is 0 Å². The van der Waals surface area contributed by atoms with Gasteiger partial charge in [-0.05, 0) is 88.3 Å². The zero-order valence-electron chi connectivity index (χ0n) is 26.3. The summed E-state index contributed by atoms with van der Waals surface area (Å²) in [5.74, 6) is 0.182. The monoisotopic (exact) mass is 616 g/mol. The molecule has 2 aliphatic heterocycles. The van der Waals surface area contributed by atoms with Gasteiger partial charge in [-0.15, -0.1) is 0 Å². The summed E-state index contributed by atoms with van der Waals surface area (Å²) in [5.41, 5.74) is 2.43. The van der Waals surface area contributed by atoms with E-state index in [0.717, 1.165) is 74.0 Å². The number of nitrogens with one attached hydrogen (secondary N) is 1. The van der Waals surface area contributed by atoms with Crippen molar-refractivity contribution in [1.82, 2.24) is 9.62 Å². The minimum Gasteiger partial charge on any atom is -0.463 e. The lowest BCUT2D eigenvalue weighted by Gasteiger charge is -2.32. The number of aryl methyl sites for hydroxylation is 1. The Kier molecular flexibility index (Phi) is 11.1. The topological polar surface area (TPSA) is 103 Å². The number of unbranched alkanes of at least 4 members (excludes halogenated alkanes) is 4. The van der Waals surface area contributed by atoms with E-state index in [2.05, 4.69) is 4.72 Å². The Morgan fingerprint density at radius 2 is 1.74 bits per heavy atom. The molecule has 1 saturated heterocycles. The number of cyclic esters (lactones) is 1. The fraction of sp³-hybridized carbons (Fsp3) is 0.606. The number of carbonyl (C=O) groups excluding carboxylic acids is 1. The van der Waals surface area contributed by atoms with Crippen molar-refractivity contribution in [2.45, 2.75) is 108 Å². The molecular weight excluding hydrogens is 568 g/mol. The summed E-state index contributed by atoms with van der Waals surface area (Å²) in [6.07, 6.45) is 6.16. The maximum Gasteiger partial charge on any atom is 0.410 e. The van der Waals surface area contributed by atoms with Gasteiger partial charge in [-0.2, -0.15) is 0 Å². The maximum atomic E-state index is 12.6. The highest BCUT2D eigenvalue weighted by Crippen LogP contribution is 2.35. The Balaban J connectivity index is 1.05. The van der Waals surface area contributed by atoms with Gasteiger partial charge in [-0.3, -0.25) is 0 Å². The minimum absolute atomic E-state index is 0.255. The molecule has 43 heavy (non-hydrogen) atoms. The summed E-state index contributed by atoms with van der Waals surface area (Å²) < 4.78 is 50.9. The van der Waals surface area contributed by atoms with E-state index in [4.69, 9.17) is 18.9 Å². The molecule has 0 aromatic heterocycles. The standard InChI is InChI=1S/C33H48N2O7S/c1-32(2,3)34-43(37,38)28-15-12-14-25(21-28)13-8-11-20-39-19-10-7-6-9-18-35-23-30(41-31(35)36)26-16-17-29-27(22-26)24-40-33(4,5)42-29/h12,14-17,21-22,30,34H,6-11,13,18-20,23-24H2,1-5H3. The highest BCUT2D eigenvalue weighted by atomic mass is 32.2. The Hall–Kier alpha value is -2.66. The molecule has 1 N–H and O–H groups in total. The van der Waals surface area contributed by atoms with Crippen LogP contribution in [0.15, 0.2) is 47.4 Å². The van der Waals surface area contributed by atoms with Crippen molar-refractivity contribution in [1.29, 1.82) is 0 Å². The molecule has 10 heteroatoms. The quantitative estimate of drug-likeness (QED) is 0.228. The highest BCUT2D eigenvalue weighted by Gasteiger charge is 2.33. The number of fused-ring (bicyclic) bond motifs is 1. The van der Waals surface area contributed by atoms with E-state index in [-0.39, 0.29) is 12.2 Å². The summed E-state index contributed by atoms with van der Waals surface area (Å²) in [6.45, 7) is 12.4. The number of amides is 1. The van der Waals surface area contributed by atoms with E-state index in [9.17, 15) is 13.2 Å². The number of nitrogens with zero attached hydrogens (tertiary/aromatic N) is 1. The van der Waals surface area contributed by atoms with Crippen molar-refractivity contribution in [3.63, 3.8) is 0 Å². The smallest absolute Gasteiger partial charge is 0.410 e. The van der Waals surface area contributed by atoms with Crippen LogP contribution in [-0.2, 0) is 37.3 Å². The molecule has 0 spiro atoms. The van der Waals surface area contributed by atoms with E-state index in [1.807, 2.05) is 58.9 Å². The van der Waals surface area contributed by atoms with E-state index in [1.165, 1.54) is 0 Å². The molecular formula is C33H48N2O7S. The first-order chi connectivity index (χ1) is 20.3. The predicted molar refractivity (Wildman–Crippen MR) is 165 cm³/mol. The summed E-state index contributed by atoms with van der Waals surface area (Å²) in [7, 11) is -3.53. The van der Waals surface area contributed by atoms with E-state index in [0.29, 0.717) is 31.2 Å². The number of hydrogen-bond donors (Lipinski definition) is 1. The van der Waals surface area contributed by atoms with Gasteiger partial charge in [-0.25, -0.2) is 17.9 Å². The van der Waals surface area contributed by atoms with Crippen LogP contribution in [0.5, 0.6) is 5.75 Å². The van der Waals surface area contributed by atoms with Crippen molar-refractivity contribution in [3.05, 3.63) is 59.2 Å². The SMILES string of the molecule is CC(C)(C)NS(=O)(=O)c1cccc(CCCCOCCCCCCN2CC(c3ccc4c(c3)COC(C)(C)O4)OC2=O)c1. The van der Waals surface area contributed by atoms with Gasteiger partial charge in [0.2, 0.25) is 15.8 Å². The number of benzene rings is 2. The van der Waals surface area contributed by atoms with Gasteiger partial charge < -0.3 is 23.8 Å². The molecule has 0 radical (unpaired) electrons. The molecule has 1 amide bonds. The highest BCUT2D eigenvalue weighted by molar-refractivity contribution is 7.89. The summed E-state index contributed by atoms with van der Waals surface area (Å²) in [6, 6.07) is 13.1. The normalized spacial score (nSPS) is 18.3. The summed E-state index contributed by atoms with van der Waals surface area (Å²) in [5, 5.41) is 0. The lowest BCUT2D eigenvalue weighted by molar-refractivity contribution is -0.180. The van der Waals surface area contributed by atoms with Crippen LogP contribution in [0.4, 0.5) is 4.79 Å². The van der Waals surface area contributed by atoms with Gasteiger partial charge in [0, 0.05) is 44.7 Å². The maximum absolute atomic E-state index is 12.6. The van der Waals surface area contributed by atoms with E-state index < -0.39 is 21.3 Å². The second-order valence-electron chi connectivity index (χ2n) is 13.0. The van der Waals surface area contributed by atoms with Crippen molar-refractivity contribution in [2.75, 3.05) is 26.3 Å². The van der Waals surface area contributed by atoms with Crippen LogP contribution in [-0.4, -0.2) is 57.0 Å². The van der Waals surface area contributed by atoms with E-state index >= 15 is 0 Å². The Bertz CT molecular complexity index is 1340. The number of carbonyl (C=O) groups is 1. The van der Waals surface area contributed by atoms with Gasteiger partial charge >= 0.3 is 6.09 Å². The molecule has 2 heterocycles. The zero-order chi connectivity index (χ0) is 31.1. The largest absolute Gasteiger partial charge is 0.463 e. The average molecular weight is 617 g/mol. The Morgan fingerprint density at radius 1 is 1.00 bits per heavy atom. The van der Waals surface area contributed by atoms with E-state index in [1.54, 1.807) is 23.1 Å². The molecule has 238 valence electrons. The minimum atomic E-state index is -3.53. The number of hydrogen-bond acceptors (Lipinski definition) is 7. The molecule has 1 atom stereocenters. The second-order valence-corrected chi connectivity index (χ2v) is 14.6. The van der Waals surface area contributed by atoms with Gasteiger partial charge in [0.15, 0.2) is 0 Å². The van der Waals surface area contributed by atoms with Crippen LogP contribution < -0.4 is 9.46 Å². The van der Waals surface area contributed by atoms with Crippen molar-refractivity contribution in [2.24, 2.45) is 0 Å². The van der Waals surface area contributed by atoms with Crippen molar-refractivity contribution < 1.29 is 32.2 Å². The first-order valence-corrected chi connectivity index (χ1v) is 16.9. The molecule has 0 aliphatic carbocycles. The molecule has 0 saturated carbocycles. The van der Waals surface area contributed by atoms with Gasteiger partial charge in [0.1, 0.15) is 11.9 Å². The van der Waals surface area contributed by atoms with Crippen LogP contribution in [0.3, 0.4) is 0 Å². The molecule has 1 fully saturated rings. The predicted octanol–water partition coefficient (Wildman–Crippen LogP) is 6.50. The first kappa shape index (κ1) is 33.2. The van der Waals surface area contributed by atoms with Gasteiger partial charge in [-0.1, -0.05) is 31.0 Å². The average Bonchev–Trinajstić information content (AvgIpc) is 3.30. The molecule has 0 bridgehead atoms. The van der Waals surface area contributed by atoms with Gasteiger partial charge in [0.05, 0.1) is 18.0 Å². The number of ether oxygens (including phenoxy) is 4. The fourth-order valence-electron chi connectivity index (χ4n) is 5.25. The molecule has 2 aromatic rings. The molecule has 4 rings (SSSR count). The molecule has 2 aromatic carbocycles. The third kappa shape index (κ3) is 10.2. The molecule has 2 aliphatic rings. The number of rotatable bonds is 15. The summed E-state index contributed by atoms with van der Waals surface area (Å²) >= 11 is 0. The Labute approximate surface area is 257 Å². The third-order valence-corrected chi connectivity index (χ3v) is 9.15. The third-order valence-electron chi connectivity index (χ3n) is 7.39. The van der Waals surface area contributed by atoms with Crippen LogP contribution in [0.1, 0.15) is 95.9 Å². The zero-order valence-corrected chi connectivity index (χ0v) is 27.1. The van der Waals surface area contributed by atoms with Crippen LogP contribution in [0.25, 0.3) is 0 Å². The number of sulfonamides is 1. The fourth-order valence-corrected chi connectivity index (χ4v) is 6.74. The lowest BCUT2D eigenvalue weighted by Crippen LogP contribution is -2.40. The van der Waals surface area contributed by atoms with Crippen LogP contribution in [0, 0.1) is 0 Å².